The Kier molecular flexibility index (Phi) is 6.59. The van der Waals surface area contributed by atoms with Crippen molar-refractivity contribution in [2.75, 3.05) is 0 Å². The molecule has 2 heterocycles. The summed E-state index contributed by atoms with van der Waals surface area (Å²) in [5.41, 5.74) is -4.10. The number of carboxylic acids is 1. The van der Waals surface area contributed by atoms with E-state index < -0.39 is 29.2 Å². The van der Waals surface area contributed by atoms with Crippen molar-refractivity contribution in [1.29, 1.82) is 0 Å². The highest BCUT2D eigenvalue weighted by Crippen LogP contribution is 2.50. The smallest absolute Gasteiger partial charge is 0.422 e. The summed E-state index contributed by atoms with van der Waals surface area (Å²) < 4.78 is 47.7. The average Bonchev–Trinajstić information content (AvgIpc) is 2.73. The van der Waals surface area contributed by atoms with Crippen molar-refractivity contribution in [2.45, 2.75) is 24.6 Å². The van der Waals surface area contributed by atoms with Gasteiger partial charge in [-0.05, 0) is 41.5 Å². The standard InChI is InChI=1S/C20H14Cl2F3N3O4/c1-10(19(31,20(23,24)25)12-4-5-26-16(22)6-12)14-7-13(2-3-15(14)21)32-18-27-8-11(9-28-18)17(29)30/h2-10,31H,1H3,(H,29,30)/t10-,19-/m1/s1. The zero-order valence-electron chi connectivity index (χ0n) is 16.1. The second-order valence-corrected chi connectivity index (χ2v) is 7.49. The number of alkyl halides is 3. The van der Waals surface area contributed by atoms with Gasteiger partial charge in [-0.3, -0.25) is 0 Å². The Hall–Kier alpha value is -2.95. The van der Waals surface area contributed by atoms with Crippen LogP contribution >= 0.6 is 23.2 Å². The fraction of sp³-hybridized carbons (Fsp3) is 0.200. The van der Waals surface area contributed by atoms with Gasteiger partial charge in [0.15, 0.2) is 5.60 Å². The number of benzene rings is 1. The first-order chi connectivity index (χ1) is 14.9. The molecule has 0 aliphatic carbocycles. The zero-order valence-corrected chi connectivity index (χ0v) is 17.7. The van der Waals surface area contributed by atoms with Gasteiger partial charge in [-0.15, -0.1) is 0 Å². The molecule has 0 unspecified atom stereocenters. The maximum absolute atomic E-state index is 14.1. The van der Waals surface area contributed by atoms with Gasteiger partial charge in [0.2, 0.25) is 0 Å². The quantitative estimate of drug-likeness (QED) is 0.459. The van der Waals surface area contributed by atoms with Crippen LogP contribution in [0.4, 0.5) is 13.2 Å². The number of carboxylic acid groups (broad SMARTS) is 1. The summed E-state index contributed by atoms with van der Waals surface area (Å²) in [7, 11) is 0. The molecule has 7 nitrogen and oxygen atoms in total. The summed E-state index contributed by atoms with van der Waals surface area (Å²) in [6.07, 6.45) is -2.01. The molecule has 0 radical (unpaired) electrons. The number of rotatable bonds is 6. The minimum Gasteiger partial charge on any atom is -0.478 e. The largest absolute Gasteiger partial charge is 0.478 e. The van der Waals surface area contributed by atoms with Crippen molar-refractivity contribution in [2.24, 2.45) is 0 Å². The molecule has 0 saturated heterocycles. The second-order valence-electron chi connectivity index (χ2n) is 6.70. The van der Waals surface area contributed by atoms with Gasteiger partial charge >= 0.3 is 18.2 Å². The van der Waals surface area contributed by atoms with Crippen molar-refractivity contribution in [3.05, 3.63) is 75.8 Å². The summed E-state index contributed by atoms with van der Waals surface area (Å²) in [5, 5.41) is 19.5. The lowest BCUT2D eigenvalue weighted by Crippen LogP contribution is -2.46. The Morgan fingerprint density at radius 2 is 1.75 bits per heavy atom. The van der Waals surface area contributed by atoms with E-state index in [1.165, 1.54) is 18.2 Å². The Morgan fingerprint density at radius 1 is 1.09 bits per heavy atom. The first-order valence-electron chi connectivity index (χ1n) is 8.87. The molecule has 0 spiro atoms. The molecule has 3 aromatic rings. The van der Waals surface area contributed by atoms with Gasteiger partial charge in [-0.1, -0.05) is 30.1 Å². The molecule has 32 heavy (non-hydrogen) atoms. The van der Waals surface area contributed by atoms with Crippen molar-refractivity contribution in [1.82, 2.24) is 15.0 Å². The molecule has 168 valence electrons. The van der Waals surface area contributed by atoms with Crippen LogP contribution in [0.5, 0.6) is 11.8 Å². The number of carbonyl (C=O) groups is 1. The monoisotopic (exact) mass is 487 g/mol. The maximum Gasteiger partial charge on any atom is 0.422 e. The van der Waals surface area contributed by atoms with Crippen LogP contribution < -0.4 is 4.74 Å². The fourth-order valence-corrected chi connectivity index (χ4v) is 3.48. The fourth-order valence-electron chi connectivity index (χ4n) is 3.03. The first-order valence-corrected chi connectivity index (χ1v) is 9.63. The Balaban J connectivity index is 2.01. The highest BCUT2D eigenvalue weighted by molar-refractivity contribution is 6.31. The number of nitrogens with zero attached hydrogens (tertiary/aromatic N) is 3. The lowest BCUT2D eigenvalue weighted by atomic mass is 9.78. The summed E-state index contributed by atoms with van der Waals surface area (Å²) >= 11 is 11.9. The van der Waals surface area contributed by atoms with E-state index in [-0.39, 0.29) is 33.1 Å². The number of aromatic nitrogens is 3. The van der Waals surface area contributed by atoms with Crippen LogP contribution in [0.25, 0.3) is 0 Å². The Bertz CT molecular complexity index is 1150. The SMILES string of the molecule is C[C@H](c1cc(Oc2ncc(C(=O)O)cn2)ccc1Cl)[C@@](O)(c1ccnc(Cl)c1)C(F)(F)F. The number of ether oxygens (including phenoxy) is 1. The molecule has 1 aromatic carbocycles. The summed E-state index contributed by atoms with van der Waals surface area (Å²) in [5.74, 6) is -2.80. The lowest BCUT2D eigenvalue weighted by molar-refractivity contribution is -0.274. The molecular weight excluding hydrogens is 474 g/mol. The Labute approximate surface area is 189 Å². The van der Waals surface area contributed by atoms with E-state index in [4.69, 9.17) is 33.0 Å². The molecule has 0 aliphatic rings. The molecule has 0 fully saturated rings. The third kappa shape index (κ3) is 4.62. The highest BCUT2D eigenvalue weighted by atomic mass is 35.5. The van der Waals surface area contributed by atoms with Crippen LogP contribution in [-0.4, -0.2) is 37.3 Å². The third-order valence-corrected chi connectivity index (χ3v) is 5.29. The van der Waals surface area contributed by atoms with E-state index in [2.05, 4.69) is 15.0 Å². The van der Waals surface area contributed by atoms with Crippen LogP contribution in [-0.2, 0) is 5.60 Å². The first kappa shape index (κ1) is 23.7. The summed E-state index contributed by atoms with van der Waals surface area (Å²) in [4.78, 5) is 22.0. The van der Waals surface area contributed by atoms with Crippen LogP contribution in [0.15, 0.2) is 48.9 Å². The van der Waals surface area contributed by atoms with E-state index in [9.17, 15) is 23.1 Å². The zero-order chi connectivity index (χ0) is 23.7. The number of aliphatic hydroxyl groups is 1. The number of hydrogen-bond acceptors (Lipinski definition) is 6. The van der Waals surface area contributed by atoms with Crippen LogP contribution in [0.2, 0.25) is 10.2 Å². The highest BCUT2D eigenvalue weighted by Gasteiger charge is 2.59. The van der Waals surface area contributed by atoms with Crippen molar-refractivity contribution in [3.63, 3.8) is 0 Å². The van der Waals surface area contributed by atoms with Gasteiger partial charge in [0.05, 0.1) is 5.56 Å². The molecular formula is C20H14Cl2F3N3O4. The van der Waals surface area contributed by atoms with Crippen molar-refractivity contribution < 1.29 is 32.9 Å². The van der Waals surface area contributed by atoms with Gasteiger partial charge in [-0.2, -0.15) is 13.2 Å². The number of pyridine rings is 1. The van der Waals surface area contributed by atoms with Crippen molar-refractivity contribution >= 4 is 29.2 Å². The molecule has 2 N–H and O–H groups in total. The minimum atomic E-state index is -5.09. The van der Waals surface area contributed by atoms with Crippen molar-refractivity contribution in [3.8, 4) is 11.8 Å². The normalized spacial score (nSPS) is 14.5. The average molecular weight is 488 g/mol. The Morgan fingerprint density at radius 3 is 2.31 bits per heavy atom. The summed E-state index contributed by atoms with van der Waals surface area (Å²) in [6.45, 7) is 1.16. The molecule has 12 heteroatoms. The van der Waals surface area contributed by atoms with Gasteiger partial charge < -0.3 is 14.9 Å². The molecule has 2 atom stereocenters. The van der Waals surface area contributed by atoms with E-state index in [1.54, 1.807) is 0 Å². The van der Waals surface area contributed by atoms with E-state index in [0.717, 1.165) is 37.6 Å². The number of halogens is 5. The van der Waals surface area contributed by atoms with E-state index >= 15 is 0 Å². The van der Waals surface area contributed by atoms with E-state index in [1.807, 2.05) is 0 Å². The van der Waals surface area contributed by atoms with Crippen LogP contribution in [0, 0.1) is 0 Å². The van der Waals surface area contributed by atoms with Gasteiger partial charge in [-0.25, -0.2) is 19.7 Å². The predicted octanol–water partition coefficient (Wildman–Crippen LogP) is 5.22. The second kappa shape index (κ2) is 8.89. The van der Waals surface area contributed by atoms with Crippen LogP contribution in [0.1, 0.15) is 34.3 Å². The molecule has 0 bridgehead atoms. The molecule has 0 aliphatic heterocycles. The molecule has 2 aromatic heterocycles. The van der Waals surface area contributed by atoms with Gasteiger partial charge in [0, 0.05) is 29.5 Å². The maximum atomic E-state index is 14.1. The minimum absolute atomic E-state index is 0.0246. The summed E-state index contributed by atoms with van der Waals surface area (Å²) in [6, 6.07) is 5.58. The van der Waals surface area contributed by atoms with E-state index in [0.29, 0.717) is 0 Å². The van der Waals surface area contributed by atoms with Gasteiger partial charge in [0.1, 0.15) is 10.9 Å². The van der Waals surface area contributed by atoms with Crippen LogP contribution in [0.3, 0.4) is 0 Å². The molecule has 0 amide bonds. The predicted molar refractivity (Wildman–Crippen MR) is 108 cm³/mol. The molecule has 0 saturated carbocycles. The number of hydrogen-bond donors (Lipinski definition) is 2. The lowest BCUT2D eigenvalue weighted by Gasteiger charge is -2.37. The number of aromatic carboxylic acids is 1. The molecule has 3 rings (SSSR count). The third-order valence-electron chi connectivity index (χ3n) is 4.74. The van der Waals surface area contributed by atoms with Gasteiger partial charge in [0.25, 0.3) is 0 Å². The topological polar surface area (TPSA) is 105 Å².